The van der Waals surface area contributed by atoms with Crippen molar-refractivity contribution in [2.45, 2.75) is 84.7 Å². The van der Waals surface area contributed by atoms with E-state index in [1.807, 2.05) is 0 Å². The van der Waals surface area contributed by atoms with E-state index in [1.54, 1.807) is 5.57 Å². The number of carboxylic acids is 1. The van der Waals surface area contributed by atoms with Crippen LogP contribution in [-0.4, -0.2) is 35.4 Å². The van der Waals surface area contributed by atoms with E-state index in [4.69, 9.17) is 5.11 Å². The second kappa shape index (κ2) is 8.00. The Bertz CT molecular complexity index is 660. The fourth-order valence-electron chi connectivity index (χ4n) is 8.28. The monoisotopic (exact) mass is 403 g/mol. The maximum absolute atomic E-state index is 10.8. The average molecular weight is 404 g/mol. The van der Waals surface area contributed by atoms with Crippen LogP contribution in [0.25, 0.3) is 0 Å². The number of allylic oxidation sites excluding steroid dienone is 1. The lowest BCUT2D eigenvalue weighted by Crippen LogP contribution is -2.51. The van der Waals surface area contributed by atoms with Crippen molar-refractivity contribution in [1.82, 2.24) is 5.32 Å². The highest BCUT2D eigenvalue weighted by molar-refractivity contribution is 5.66. The minimum atomic E-state index is -0.718. The van der Waals surface area contributed by atoms with Crippen LogP contribution < -0.4 is 5.32 Å². The number of rotatable bonds is 6. The van der Waals surface area contributed by atoms with Crippen molar-refractivity contribution in [3.63, 3.8) is 0 Å². The fourth-order valence-corrected chi connectivity index (χ4v) is 8.28. The van der Waals surface area contributed by atoms with Crippen molar-refractivity contribution < 1.29 is 15.0 Å². The Hall–Kier alpha value is -0.870. The Kier molecular flexibility index (Phi) is 5.89. The summed E-state index contributed by atoms with van der Waals surface area (Å²) >= 11 is 0. The van der Waals surface area contributed by atoms with Gasteiger partial charge >= 0.3 is 5.97 Å². The highest BCUT2D eigenvalue weighted by atomic mass is 16.4. The fraction of sp³-hybridized carbons (Fsp3) is 0.880. The summed E-state index contributed by atoms with van der Waals surface area (Å²) in [7, 11) is 0. The molecule has 4 rings (SSSR count). The van der Waals surface area contributed by atoms with E-state index >= 15 is 0 Å². The van der Waals surface area contributed by atoms with E-state index < -0.39 is 5.97 Å². The lowest BCUT2D eigenvalue weighted by atomic mass is 9.47. The molecule has 4 nitrogen and oxygen atoms in total. The Morgan fingerprint density at radius 3 is 2.76 bits per heavy atom. The summed E-state index contributed by atoms with van der Waals surface area (Å²) < 4.78 is 0. The molecule has 1 unspecified atom stereocenters. The van der Waals surface area contributed by atoms with Gasteiger partial charge in [0.05, 0.1) is 12.5 Å². The molecule has 3 saturated carbocycles. The van der Waals surface area contributed by atoms with Crippen LogP contribution in [0.15, 0.2) is 11.6 Å². The van der Waals surface area contributed by atoms with Crippen molar-refractivity contribution in [3.8, 4) is 0 Å². The predicted octanol–water partition coefficient (Wildman–Crippen LogP) is 4.63. The Labute approximate surface area is 176 Å². The summed E-state index contributed by atoms with van der Waals surface area (Å²) in [5.41, 5.74) is 2.32. The minimum Gasteiger partial charge on any atom is -0.481 e. The Morgan fingerprint density at radius 1 is 1.21 bits per heavy atom. The van der Waals surface area contributed by atoms with Crippen LogP contribution in [0.2, 0.25) is 0 Å². The number of nitrogens with one attached hydrogen (secondary N) is 1. The van der Waals surface area contributed by atoms with Crippen LogP contribution in [0.4, 0.5) is 0 Å². The van der Waals surface area contributed by atoms with Gasteiger partial charge in [-0.25, -0.2) is 0 Å². The first-order valence-electron chi connectivity index (χ1n) is 12.1. The van der Waals surface area contributed by atoms with E-state index in [1.165, 1.54) is 32.1 Å². The smallest absolute Gasteiger partial charge is 0.304 e. The molecule has 0 aromatic carbocycles. The molecule has 0 aliphatic heterocycles. The summed E-state index contributed by atoms with van der Waals surface area (Å²) in [4.78, 5) is 10.8. The lowest BCUT2D eigenvalue weighted by molar-refractivity contribution is -0.136. The first-order chi connectivity index (χ1) is 13.8. The molecule has 0 aromatic heterocycles. The van der Waals surface area contributed by atoms with Gasteiger partial charge in [0.25, 0.3) is 0 Å². The van der Waals surface area contributed by atoms with Crippen LogP contribution in [0.3, 0.4) is 0 Å². The van der Waals surface area contributed by atoms with Gasteiger partial charge < -0.3 is 15.5 Å². The van der Waals surface area contributed by atoms with Gasteiger partial charge in [0, 0.05) is 6.54 Å². The normalized spacial score (nSPS) is 45.0. The molecule has 4 aliphatic rings. The SMILES string of the molecule is C[C@H](CNCCC(=O)O)[C@H]1CC[C@H]2C3CC=C4C[C@@H](O)CC[C@]4(C)[C@H]3CC[C@]12C. The third-order valence-corrected chi connectivity index (χ3v) is 9.82. The van der Waals surface area contributed by atoms with Crippen molar-refractivity contribution in [2.24, 2.45) is 40.4 Å². The zero-order valence-electron chi connectivity index (χ0n) is 18.6. The molecule has 0 radical (unpaired) electrons. The second-order valence-electron chi connectivity index (χ2n) is 11.2. The molecule has 4 aliphatic carbocycles. The molecular weight excluding hydrogens is 362 g/mol. The van der Waals surface area contributed by atoms with Crippen LogP contribution in [0.5, 0.6) is 0 Å². The average Bonchev–Trinajstić information content (AvgIpc) is 3.03. The number of fused-ring (bicyclic) bond motifs is 5. The van der Waals surface area contributed by atoms with E-state index in [0.29, 0.717) is 23.3 Å². The molecule has 0 amide bonds. The molecule has 29 heavy (non-hydrogen) atoms. The van der Waals surface area contributed by atoms with E-state index in [9.17, 15) is 9.90 Å². The topological polar surface area (TPSA) is 69.6 Å². The van der Waals surface area contributed by atoms with Crippen molar-refractivity contribution in [1.29, 1.82) is 0 Å². The summed E-state index contributed by atoms with van der Waals surface area (Å²) in [6.45, 7) is 8.97. The number of carboxylic acid groups (broad SMARTS) is 1. The molecule has 0 spiro atoms. The standard InChI is InChI=1S/C25H41NO3/c1-16(15-26-13-10-23(28)29)20-6-7-21-19-5-4-17-14-18(27)8-11-24(17,2)22(19)9-12-25(20,21)3/h4,16,18-22,26-27H,5-15H2,1-3H3,(H,28,29)/t16-,18+,19?,20-,21+,22+,24+,25-/m1/s1. The summed E-state index contributed by atoms with van der Waals surface area (Å²) in [5, 5.41) is 22.4. The van der Waals surface area contributed by atoms with E-state index in [-0.39, 0.29) is 12.5 Å². The zero-order chi connectivity index (χ0) is 20.8. The third kappa shape index (κ3) is 3.69. The number of hydrogen-bond acceptors (Lipinski definition) is 3. The van der Waals surface area contributed by atoms with Crippen LogP contribution in [-0.2, 0) is 4.79 Å². The van der Waals surface area contributed by atoms with Gasteiger partial charge in [0.2, 0.25) is 0 Å². The number of aliphatic hydroxyl groups excluding tert-OH is 1. The molecule has 0 heterocycles. The quantitative estimate of drug-likeness (QED) is 0.447. The largest absolute Gasteiger partial charge is 0.481 e. The van der Waals surface area contributed by atoms with Gasteiger partial charge in [-0.1, -0.05) is 32.4 Å². The van der Waals surface area contributed by atoms with Crippen LogP contribution in [0.1, 0.15) is 78.6 Å². The molecule has 8 atom stereocenters. The van der Waals surface area contributed by atoms with Gasteiger partial charge in [0.1, 0.15) is 0 Å². The highest BCUT2D eigenvalue weighted by Gasteiger charge is 2.59. The first kappa shape index (κ1) is 21.4. The van der Waals surface area contributed by atoms with Crippen molar-refractivity contribution >= 4 is 5.97 Å². The van der Waals surface area contributed by atoms with Crippen molar-refractivity contribution in [3.05, 3.63) is 11.6 Å². The molecular formula is C25H41NO3. The summed E-state index contributed by atoms with van der Waals surface area (Å²) in [6, 6.07) is 0. The number of aliphatic carboxylic acids is 1. The van der Waals surface area contributed by atoms with Crippen molar-refractivity contribution in [2.75, 3.05) is 13.1 Å². The highest BCUT2D eigenvalue weighted by Crippen LogP contribution is 2.67. The molecule has 0 bridgehead atoms. The van der Waals surface area contributed by atoms with Gasteiger partial charge in [-0.3, -0.25) is 4.79 Å². The Morgan fingerprint density at radius 2 is 2.00 bits per heavy atom. The molecule has 164 valence electrons. The molecule has 0 aromatic rings. The molecule has 4 heteroatoms. The third-order valence-electron chi connectivity index (χ3n) is 9.82. The predicted molar refractivity (Wildman–Crippen MR) is 115 cm³/mol. The summed E-state index contributed by atoms with van der Waals surface area (Å²) in [6.07, 6.45) is 12.3. The maximum Gasteiger partial charge on any atom is 0.304 e. The summed E-state index contributed by atoms with van der Waals surface area (Å²) in [5.74, 6) is 3.08. The van der Waals surface area contributed by atoms with E-state index in [0.717, 1.165) is 49.5 Å². The lowest BCUT2D eigenvalue weighted by Gasteiger charge is -2.58. The number of aliphatic hydroxyl groups is 1. The van der Waals surface area contributed by atoms with Gasteiger partial charge in [-0.15, -0.1) is 0 Å². The molecule has 3 fully saturated rings. The van der Waals surface area contributed by atoms with E-state index in [2.05, 4.69) is 32.2 Å². The minimum absolute atomic E-state index is 0.120. The first-order valence-corrected chi connectivity index (χ1v) is 12.1. The Balaban J connectivity index is 1.45. The number of hydrogen-bond donors (Lipinski definition) is 3. The maximum atomic E-state index is 10.8. The zero-order valence-corrected chi connectivity index (χ0v) is 18.6. The second-order valence-corrected chi connectivity index (χ2v) is 11.2. The molecule has 0 saturated heterocycles. The molecule has 3 N–H and O–H groups in total. The van der Waals surface area contributed by atoms with Gasteiger partial charge in [-0.05, 0) is 98.3 Å². The van der Waals surface area contributed by atoms with Crippen LogP contribution >= 0.6 is 0 Å². The van der Waals surface area contributed by atoms with Gasteiger partial charge in [0.15, 0.2) is 0 Å². The van der Waals surface area contributed by atoms with Crippen LogP contribution in [0, 0.1) is 40.4 Å². The number of carbonyl (C=O) groups is 1. The van der Waals surface area contributed by atoms with Gasteiger partial charge in [-0.2, -0.15) is 0 Å².